The van der Waals surface area contributed by atoms with Gasteiger partial charge in [-0.3, -0.25) is 9.59 Å². The first kappa shape index (κ1) is 21.0. The van der Waals surface area contributed by atoms with E-state index in [9.17, 15) is 9.59 Å². The minimum atomic E-state index is -0.754. The van der Waals surface area contributed by atoms with E-state index in [0.717, 1.165) is 11.1 Å². The second-order valence-electron chi connectivity index (χ2n) is 6.98. The van der Waals surface area contributed by atoms with Crippen LogP contribution in [0.25, 0.3) is 16.6 Å². The summed E-state index contributed by atoms with van der Waals surface area (Å²) in [6.07, 6.45) is 1.76. The number of aromatic nitrogens is 1. The van der Waals surface area contributed by atoms with E-state index in [0.29, 0.717) is 28.5 Å². The summed E-state index contributed by atoms with van der Waals surface area (Å²) in [7, 11) is 4.62. The Kier molecular flexibility index (Phi) is 5.81. The Morgan fingerprint density at radius 1 is 0.812 bits per heavy atom. The maximum Gasteiger partial charge on any atom is 0.298 e. The highest BCUT2D eigenvalue weighted by molar-refractivity contribution is 6.47. The fraction of sp³-hybridized carbons (Fsp3) is 0.120. The molecule has 0 aliphatic carbocycles. The van der Waals surface area contributed by atoms with Crippen molar-refractivity contribution in [3.63, 3.8) is 0 Å². The Bertz CT molecular complexity index is 1290. The van der Waals surface area contributed by atoms with Crippen molar-refractivity contribution >= 4 is 22.9 Å². The molecule has 32 heavy (non-hydrogen) atoms. The fourth-order valence-corrected chi connectivity index (χ4v) is 3.56. The standard InChI is InChI=1S/C25H22N2O5/c1-30-19-10-7-16(8-11-19)20-15-18-6-4-5-13-27(18)23(20)24(28)25(29)26-17-9-12-21(31-2)22(14-17)32-3/h4-15H,1-3H3,(H,26,29). The lowest BCUT2D eigenvalue weighted by Gasteiger charge is -2.11. The predicted octanol–water partition coefficient (Wildman–Crippen LogP) is 4.45. The molecular weight excluding hydrogens is 408 g/mol. The number of Topliss-reactive ketones (excluding diaryl/α,β-unsaturated/α-hetero) is 1. The molecule has 0 bridgehead atoms. The lowest BCUT2D eigenvalue weighted by molar-refractivity contribution is -0.112. The fourth-order valence-electron chi connectivity index (χ4n) is 3.56. The summed E-state index contributed by atoms with van der Waals surface area (Å²) in [6.45, 7) is 0. The van der Waals surface area contributed by atoms with Gasteiger partial charge in [0.25, 0.3) is 11.7 Å². The van der Waals surface area contributed by atoms with Gasteiger partial charge in [0, 0.05) is 29.0 Å². The van der Waals surface area contributed by atoms with Gasteiger partial charge < -0.3 is 23.9 Å². The molecule has 7 heteroatoms. The molecule has 2 heterocycles. The van der Waals surface area contributed by atoms with Crippen molar-refractivity contribution in [3.05, 3.63) is 78.6 Å². The monoisotopic (exact) mass is 430 g/mol. The average Bonchev–Trinajstić information content (AvgIpc) is 3.23. The Labute approximate surface area is 185 Å². The van der Waals surface area contributed by atoms with E-state index in [1.807, 2.05) is 48.5 Å². The zero-order valence-corrected chi connectivity index (χ0v) is 17.9. The Balaban J connectivity index is 1.72. The molecule has 0 spiro atoms. The third-order valence-electron chi connectivity index (χ3n) is 5.14. The molecule has 4 aromatic rings. The normalized spacial score (nSPS) is 10.6. The van der Waals surface area contributed by atoms with E-state index >= 15 is 0 Å². The quantitative estimate of drug-likeness (QED) is 0.346. The number of hydrogen-bond acceptors (Lipinski definition) is 5. The zero-order chi connectivity index (χ0) is 22.7. The lowest BCUT2D eigenvalue weighted by atomic mass is 10.0. The van der Waals surface area contributed by atoms with Crippen molar-refractivity contribution in [2.75, 3.05) is 26.6 Å². The first-order chi connectivity index (χ1) is 15.5. The Morgan fingerprint density at radius 3 is 2.25 bits per heavy atom. The van der Waals surface area contributed by atoms with Gasteiger partial charge >= 0.3 is 0 Å². The van der Waals surface area contributed by atoms with Crippen LogP contribution in [0.15, 0.2) is 72.9 Å². The van der Waals surface area contributed by atoms with Gasteiger partial charge in [-0.05, 0) is 48.0 Å². The van der Waals surface area contributed by atoms with Gasteiger partial charge in [-0.15, -0.1) is 0 Å². The molecular formula is C25H22N2O5. The minimum absolute atomic E-state index is 0.281. The number of nitrogens with zero attached hydrogens (tertiary/aromatic N) is 1. The van der Waals surface area contributed by atoms with Crippen molar-refractivity contribution in [3.8, 4) is 28.4 Å². The van der Waals surface area contributed by atoms with Gasteiger partial charge in [-0.25, -0.2) is 0 Å². The van der Waals surface area contributed by atoms with E-state index in [2.05, 4.69) is 5.32 Å². The number of ketones is 1. The second kappa shape index (κ2) is 8.85. The summed E-state index contributed by atoms with van der Waals surface area (Å²) < 4.78 is 17.4. The molecule has 0 unspecified atom stereocenters. The molecule has 2 aromatic heterocycles. The minimum Gasteiger partial charge on any atom is -0.497 e. The second-order valence-corrected chi connectivity index (χ2v) is 6.98. The number of nitrogens with one attached hydrogen (secondary N) is 1. The first-order valence-corrected chi connectivity index (χ1v) is 9.88. The number of amides is 1. The van der Waals surface area contributed by atoms with Gasteiger partial charge in [0.15, 0.2) is 11.5 Å². The number of ether oxygens (including phenoxy) is 3. The van der Waals surface area contributed by atoms with Crippen LogP contribution in [0.1, 0.15) is 10.5 Å². The summed E-state index contributed by atoms with van der Waals surface area (Å²) in [5.74, 6) is 0.269. The molecule has 0 aliphatic heterocycles. The maximum atomic E-state index is 13.3. The third-order valence-corrected chi connectivity index (χ3v) is 5.14. The number of carbonyl (C=O) groups is 2. The summed E-state index contributed by atoms with van der Waals surface area (Å²) in [6, 6.07) is 19.7. The number of carbonyl (C=O) groups excluding carboxylic acids is 2. The molecule has 2 aromatic carbocycles. The van der Waals surface area contributed by atoms with Crippen LogP contribution in [0.3, 0.4) is 0 Å². The van der Waals surface area contributed by atoms with Crippen LogP contribution in [-0.2, 0) is 4.79 Å². The molecule has 0 saturated heterocycles. The van der Waals surface area contributed by atoms with Crippen LogP contribution in [0.5, 0.6) is 17.2 Å². The Hall–Kier alpha value is -4.26. The van der Waals surface area contributed by atoms with Crippen LogP contribution in [-0.4, -0.2) is 37.4 Å². The summed E-state index contributed by atoms with van der Waals surface area (Å²) in [4.78, 5) is 26.2. The molecule has 0 atom stereocenters. The largest absolute Gasteiger partial charge is 0.497 e. The lowest BCUT2D eigenvalue weighted by Crippen LogP contribution is -2.24. The molecule has 1 N–H and O–H groups in total. The highest BCUT2D eigenvalue weighted by Crippen LogP contribution is 2.31. The summed E-state index contributed by atoms with van der Waals surface area (Å²) in [5, 5.41) is 2.66. The van der Waals surface area contributed by atoms with Crippen LogP contribution in [0, 0.1) is 0 Å². The molecule has 0 aliphatic rings. The van der Waals surface area contributed by atoms with Crippen LogP contribution >= 0.6 is 0 Å². The van der Waals surface area contributed by atoms with Crippen molar-refractivity contribution < 1.29 is 23.8 Å². The van der Waals surface area contributed by atoms with Crippen LogP contribution in [0.4, 0.5) is 5.69 Å². The molecule has 7 nitrogen and oxygen atoms in total. The highest BCUT2D eigenvalue weighted by atomic mass is 16.5. The van der Waals surface area contributed by atoms with E-state index in [1.165, 1.54) is 14.2 Å². The smallest absolute Gasteiger partial charge is 0.298 e. The van der Waals surface area contributed by atoms with E-state index in [4.69, 9.17) is 14.2 Å². The van der Waals surface area contributed by atoms with Crippen molar-refractivity contribution in [2.24, 2.45) is 0 Å². The van der Waals surface area contributed by atoms with Crippen molar-refractivity contribution in [1.82, 2.24) is 4.40 Å². The average molecular weight is 430 g/mol. The van der Waals surface area contributed by atoms with Gasteiger partial charge in [0.1, 0.15) is 11.4 Å². The van der Waals surface area contributed by atoms with E-state index in [1.54, 1.807) is 35.9 Å². The Morgan fingerprint density at radius 2 is 1.56 bits per heavy atom. The maximum absolute atomic E-state index is 13.3. The third kappa shape index (κ3) is 3.88. The van der Waals surface area contributed by atoms with Crippen molar-refractivity contribution in [1.29, 1.82) is 0 Å². The molecule has 0 fully saturated rings. The van der Waals surface area contributed by atoms with Gasteiger partial charge in [-0.1, -0.05) is 18.2 Å². The van der Waals surface area contributed by atoms with Gasteiger partial charge in [-0.2, -0.15) is 0 Å². The first-order valence-electron chi connectivity index (χ1n) is 9.88. The van der Waals surface area contributed by atoms with Gasteiger partial charge in [0.2, 0.25) is 0 Å². The summed E-state index contributed by atoms with van der Waals surface area (Å²) >= 11 is 0. The SMILES string of the molecule is COc1ccc(-c2cc3ccccn3c2C(=O)C(=O)Nc2ccc(OC)c(OC)c2)cc1. The van der Waals surface area contributed by atoms with Gasteiger partial charge in [0.05, 0.1) is 21.3 Å². The molecule has 0 saturated carbocycles. The van der Waals surface area contributed by atoms with E-state index in [-0.39, 0.29) is 5.69 Å². The van der Waals surface area contributed by atoms with E-state index < -0.39 is 11.7 Å². The number of methoxy groups -OCH3 is 3. The van der Waals surface area contributed by atoms with Crippen molar-refractivity contribution in [2.45, 2.75) is 0 Å². The predicted molar refractivity (Wildman–Crippen MR) is 122 cm³/mol. The number of anilines is 1. The number of pyridine rings is 1. The zero-order valence-electron chi connectivity index (χ0n) is 17.9. The highest BCUT2D eigenvalue weighted by Gasteiger charge is 2.25. The molecule has 0 radical (unpaired) electrons. The van der Waals surface area contributed by atoms with Crippen LogP contribution in [0.2, 0.25) is 0 Å². The topological polar surface area (TPSA) is 78.3 Å². The molecule has 162 valence electrons. The number of fused-ring (bicyclic) bond motifs is 1. The summed E-state index contributed by atoms with van der Waals surface area (Å²) in [5.41, 5.74) is 2.97. The number of rotatable bonds is 7. The molecule has 4 rings (SSSR count). The number of hydrogen-bond donors (Lipinski definition) is 1. The van der Waals surface area contributed by atoms with Crippen LogP contribution < -0.4 is 19.5 Å². The molecule has 1 amide bonds. The number of benzene rings is 2.